The van der Waals surface area contributed by atoms with Gasteiger partial charge in [0.2, 0.25) is 0 Å². The molecule has 2 N–H and O–H groups in total. The van der Waals surface area contributed by atoms with E-state index in [1.54, 1.807) is 6.07 Å². The van der Waals surface area contributed by atoms with Gasteiger partial charge in [-0.25, -0.2) is 9.78 Å². The van der Waals surface area contributed by atoms with E-state index in [1.165, 1.54) is 32.1 Å². The van der Waals surface area contributed by atoms with Gasteiger partial charge in [-0.2, -0.15) is 0 Å². The number of hydrogen-bond donors (Lipinski definition) is 2. The van der Waals surface area contributed by atoms with Gasteiger partial charge in [-0.15, -0.1) is 0 Å². The number of H-pyrrole nitrogens is 1. The minimum atomic E-state index is -0.966. The second kappa shape index (κ2) is 7.47. The van der Waals surface area contributed by atoms with Crippen molar-refractivity contribution in [3.8, 4) is 0 Å². The molecule has 0 aliphatic rings. The van der Waals surface area contributed by atoms with Crippen molar-refractivity contribution in [2.45, 2.75) is 51.9 Å². The van der Waals surface area contributed by atoms with Gasteiger partial charge in [-0.3, -0.25) is 0 Å². The van der Waals surface area contributed by atoms with Crippen LogP contribution in [0, 0.1) is 0 Å². The summed E-state index contributed by atoms with van der Waals surface area (Å²) >= 11 is 0. The Hall–Kier alpha value is -2.36. The lowest BCUT2D eigenvalue weighted by Crippen LogP contribution is -2.04. The topological polar surface area (TPSA) is 66.0 Å². The first kappa shape index (κ1) is 16.5. The molecular formula is C20H24N2O2. The van der Waals surface area contributed by atoms with Crippen molar-refractivity contribution in [3.63, 3.8) is 0 Å². The summed E-state index contributed by atoms with van der Waals surface area (Å²) in [4.78, 5) is 19.2. The van der Waals surface area contributed by atoms with Crippen LogP contribution in [0.1, 0.15) is 61.6 Å². The zero-order chi connectivity index (χ0) is 16.9. The Bertz CT molecular complexity index is 851. The van der Waals surface area contributed by atoms with E-state index in [2.05, 4.69) is 16.9 Å². The van der Waals surface area contributed by atoms with Gasteiger partial charge in [-0.1, -0.05) is 57.2 Å². The van der Waals surface area contributed by atoms with Crippen molar-refractivity contribution in [2.24, 2.45) is 0 Å². The van der Waals surface area contributed by atoms with Crippen molar-refractivity contribution >= 4 is 27.8 Å². The molecule has 1 aromatic carbocycles. The highest BCUT2D eigenvalue weighted by atomic mass is 16.4. The number of aromatic amines is 1. The van der Waals surface area contributed by atoms with Crippen LogP contribution in [-0.4, -0.2) is 21.0 Å². The lowest BCUT2D eigenvalue weighted by Gasteiger charge is -2.05. The molecule has 24 heavy (non-hydrogen) atoms. The first-order valence-electron chi connectivity index (χ1n) is 8.84. The Morgan fingerprint density at radius 2 is 1.83 bits per heavy atom. The standard InChI is InChI=1S/C20H24N2O2/c1-2-3-4-5-6-7-12-17-19-15(13-18(21-17)20(23)24)14-10-8-9-11-16(14)22-19/h8-11,13,22H,2-7,12H2,1H3,(H,23,24). The molecule has 0 aliphatic carbocycles. The second-order valence-electron chi connectivity index (χ2n) is 6.37. The van der Waals surface area contributed by atoms with E-state index >= 15 is 0 Å². The number of unbranched alkanes of at least 4 members (excludes halogenated alkanes) is 5. The number of pyridine rings is 1. The van der Waals surface area contributed by atoms with E-state index < -0.39 is 5.97 Å². The fourth-order valence-corrected chi connectivity index (χ4v) is 3.27. The number of nitrogens with zero attached hydrogens (tertiary/aromatic N) is 1. The summed E-state index contributed by atoms with van der Waals surface area (Å²) in [5, 5.41) is 11.4. The lowest BCUT2D eigenvalue weighted by molar-refractivity contribution is 0.0690. The summed E-state index contributed by atoms with van der Waals surface area (Å²) < 4.78 is 0. The smallest absolute Gasteiger partial charge is 0.354 e. The van der Waals surface area contributed by atoms with Gasteiger partial charge < -0.3 is 10.1 Å². The molecular weight excluding hydrogens is 300 g/mol. The van der Waals surface area contributed by atoms with Crippen LogP contribution in [0.4, 0.5) is 0 Å². The highest BCUT2D eigenvalue weighted by molar-refractivity contribution is 6.09. The summed E-state index contributed by atoms with van der Waals surface area (Å²) in [5.74, 6) is -0.966. The first-order chi connectivity index (χ1) is 11.7. The van der Waals surface area contributed by atoms with Crippen LogP contribution in [0.3, 0.4) is 0 Å². The van der Waals surface area contributed by atoms with Gasteiger partial charge in [-0.05, 0) is 25.0 Å². The molecule has 126 valence electrons. The number of para-hydroxylation sites is 1. The Labute approximate surface area is 141 Å². The predicted octanol–water partition coefficient (Wildman–Crippen LogP) is 5.32. The number of benzene rings is 1. The number of aryl methyl sites for hydroxylation is 1. The Morgan fingerprint density at radius 1 is 1.08 bits per heavy atom. The van der Waals surface area contributed by atoms with Gasteiger partial charge in [0, 0.05) is 16.3 Å². The van der Waals surface area contributed by atoms with Gasteiger partial charge >= 0.3 is 5.97 Å². The molecule has 0 bridgehead atoms. The molecule has 3 rings (SSSR count). The summed E-state index contributed by atoms with van der Waals surface area (Å²) in [5.41, 5.74) is 3.01. The van der Waals surface area contributed by atoms with Crippen LogP contribution in [0.2, 0.25) is 0 Å². The fourth-order valence-electron chi connectivity index (χ4n) is 3.27. The van der Waals surface area contributed by atoms with Crippen molar-refractivity contribution in [1.29, 1.82) is 0 Å². The molecule has 0 aliphatic heterocycles. The maximum absolute atomic E-state index is 11.4. The highest BCUT2D eigenvalue weighted by Crippen LogP contribution is 2.28. The molecule has 2 aromatic heterocycles. The molecule has 0 saturated carbocycles. The molecule has 3 aromatic rings. The number of carboxylic acids is 1. The number of carbonyl (C=O) groups is 1. The molecule has 0 spiro atoms. The number of aromatic carboxylic acids is 1. The summed E-state index contributed by atoms with van der Waals surface area (Å²) in [7, 11) is 0. The molecule has 2 heterocycles. The Kier molecular flexibility index (Phi) is 5.14. The van der Waals surface area contributed by atoms with E-state index in [1.807, 2.05) is 24.3 Å². The zero-order valence-corrected chi connectivity index (χ0v) is 14.1. The minimum absolute atomic E-state index is 0.133. The molecule has 0 fully saturated rings. The molecule has 4 nitrogen and oxygen atoms in total. The largest absolute Gasteiger partial charge is 0.477 e. The summed E-state index contributed by atoms with van der Waals surface area (Å²) in [6.45, 7) is 2.22. The average molecular weight is 324 g/mol. The molecule has 0 unspecified atom stereocenters. The molecule has 4 heteroatoms. The zero-order valence-electron chi connectivity index (χ0n) is 14.1. The lowest BCUT2D eigenvalue weighted by atomic mass is 10.1. The maximum Gasteiger partial charge on any atom is 0.354 e. The third kappa shape index (κ3) is 3.42. The maximum atomic E-state index is 11.4. The number of nitrogens with one attached hydrogen (secondary N) is 1. The number of rotatable bonds is 8. The summed E-state index contributed by atoms with van der Waals surface area (Å²) in [6, 6.07) is 9.68. The molecule has 0 radical (unpaired) electrons. The predicted molar refractivity (Wildman–Crippen MR) is 97.6 cm³/mol. The number of carboxylic acid groups (broad SMARTS) is 1. The number of hydrogen-bond acceptors (Lipinski definition) is 2. The van der Waals surface area contributed by atoms with Gasteiger partial charge in [0.25, 0.3) is 0 Å². The Morgan fingerprint density at radius 3 is 2.62 bits per heavy atom. The summed E-state index contributed by atoms with van der Waals surface area (Å²) in [6.07, 6.45) is 8.08. The highest BCUT2D eigenvalue weighted by Gasteiger charge is 2.14. The SMILES string of the molecule is CCCCCCCCc1nc(C(=O)O)cc2c1[nH]c1ccccc12. The molecule has 0 atom stereocenters. The second-order valence-corrected chi connectivity index (χ2v) is 6.37. The van der Waals surface area contributed by atoms with Crippen molar-refractivity contribution in [2.75, 3.05) is 0 Å². The van der Waals surface area contributed by atoms with E-state index in [4.69, 9.17) is 0 Å². The monoisotopic (exact) mass is 324 g/mol. The van der Waals surface area contributed by atoms with Crippen molar-refractivity contribution in [3.05, 3.63) is 41.7 Å². The van der Waals surface area contributed by atoms with Crippen LogP contribution in [0.15, 0.2) is 30.3 Å². The van der Waals surface area contributed by atoms with E-state index in [9.17, 15) is 9.90 Å². The quantitative estimate of drug-likeness (QED) is 0.551. The average Bonchev–Trinajstić information content (AvgIpc) is 2.96. The van der Waals surface area contributed by atoms with Crippen LogP contribution in [-0.2, 0) is 6.42 Å². The minimum Gasteiger partial charge on any atom is -0.477 e. The molecule has 0 amide bonds. The first-order valence-corrected chi connectivity index (χ1v) is 8.84. The van der Waals surface area contributed by atoms with Crippen LogP contribution < -0.4 is 0 Å². The third-order valence-corrected chi connectivity index (χ3v) is 4.56. The van der Waals surface area contributed by atoms with Crippen LogP contribution in [0.5, 0.6) is 0 Å². The Balaban J connectivity index is 1.89. The van der Waals surface area contributed by atoms with Crippen molar-refractivity contribution in [1.82, 2.24) is 9.97 Å². The van der Waals surface area contributed by atoms with E-state index in [0.717, 1.165) is 40.3 Å². The fraction of sp³-hybridized carbons (Fsp3) is 0.400. The van der Waals surface area contributed by atoms with Crippen LogP contribution in [0.25, 0.3) is 21.8 Å². The van der Waals surface area contributed by atoms with Gasteiger partial charge in [0.1, 0.15) is 5.69 Å². The number of fused-ring (bicyclic) bond motifs is 3. The third-order valence-electron chi connectivity index (χ3n) is 4.56. The van der Waals surface area contributed by atoms with Gasteiger partial charge in [0.05, 0.1) is 11.2 Å². The van der Waals surface area contributed by atoms with Gasteiger partial charge in [0.15, 0.2) is 0 Å². The van der Waals surface area contributed by atoms with E-state index in [0.29, 0.717) is 0 Å². The normalized spacial score (nSPS) is 11.4. The van der Waals surface area contributed by atoms with Crippen molar-refractivity contribution < 1.29 is 9.90 Å². The molecule has 0 saturated heterocycles. The van der Waals surface area contributed by atoms with E-state index in [-0.39, 0.29) is 5.69 Å². The van der Waals surface area contributed by atoms with Crippen LogP contribution >= 0.6 is 0 Å². The number of aromatic nitrogens is 2.